The van der Waals surface area contributed by atoms with Crippen LogP contribution in [0, 0.1) is 0 Å². The van der Waals surface area contributed by atoms with Gasteiger partial charge in [-0.2, -0.15) is 0 Å². The summed E-state index contributed by atoms with van der Waals surface area (Å²) in [6.07, 6.45) is 1.84. The Hall–Kier alpha value is -3.60. The summed E-state index contributed by atoms with van der Waals surface area (Å²) in [4.78, 5) is 16.8. The van der Waals surface area contributed by atoms with Crippen molar-refractivity contribution in [1.29, 1.82) is 0 Å². The molecule has 0 atom stereocenters. The first-order valence-corrected chi connectivity index (χ1v) is 10.6. The highest BCUT2D eigenvalue weighted by Crippen LogP contribution is 2.21. The van der Waals surface area contributed by atoms with Crippen LogP contribution in [0.2, 0.25) is 0 Å². The number of carbonyl (C=O) groups is 1. The molecule has 158 valence electrons. The number of hydrogen-bond acceptors (Lipinski definition) is 4. The molecule has 0 spiro atoms. The van der Waals surface area contributed by atoms with Crippen LogP contribution in [0.4, 0.5) is 5.69 Å². The normalized spacial score (nSPS) is 10.9. The lowest BCUT2D eigenvalue weighted by atomic mass is 10.2. The van der Waals surface area contributed by atoms with Gasteiger partial charge < -0.3 is 14.6 Å². The zero-order valence-corrected chi connectivity index (χ0v) is 17.8. The number of imidazole rings is 1. The van der Waals surface area contributed by atoms with E-state index in [1.807, 2.05) is 61.6 Å². The van der Waals surface area contributed by atoms with E-state index in [1.165, 1.54) is 5.56 Å². The maximum Gasteiger partial charge on any atom is 0.306 e. The van der Waals surface area contributed by atoms with Gasteiger partial charge in [0.1, 0.15) is 12.4 Å². The van der Waals surface area contributed by atoms with Crippen LogP contribution in [0.25, 0.3) is 11.0 Å². The molecule has 1 aromatic heterocycles. The lowest BCUT2D eigenvalue weighted by Crippen LogP contribution is -2.06. The fourth-order valence-electron chi connectivity index (χ4n) is 3.57. The van der Waals surface area contributed by atoms with E-state index in [4.69, 9.17) is 9.72 Å². The Bertz CT molecular complexity index is 1140. The van der Waals surface area contributed by atoms with Crippen LogP contribution in [0.5, 0.6) is 0 Å². The van der Waals surface area contributed by atoms with E-state index in [0.717, 1.165) is 41.1 Å². The van der Waals surface area contributed by atoms with Gasteiger partial charge in [0, 0.05) is 32.1 Å². The predicted molar refractivity (Wildman–Crippen MR) is 124 cm³/mol. The number of anilines is 1. The molecule has 0 aliphatic heterocycles. The Kier molecular flexibility index (Phi) is 6.62. The molecule has 4 rings (SSSR count). The minimum atomic E-state index is -0.171. The molecular weight excluding hydrogens is 386 g/mol. The van der Waals surface area contributed by atoms with Gasteiger partial charge in [0.15, 0.2) is 0 Å². The van der Waals surface area contributed by atoms with E-state index in [0.29, 0.717) is 19.4 Å². The number of ether oxygens (including phenoxy) is 1. The van der Waals surface area contributed by atoms with E-state index >= 15 is 0 Å². The van der Waals surface area contributed by atoms with Gasteiger partial charge in [0.05, 0.1) is 11.0 Å². The lowest BCUT2D eigenvalue weighted by molar-refractivity contribution is -0.145. The third-order valence-electron chi connectivity index (χ3n) is 5.34. The first-order valence-electron chi connectivity index (χ1n) is 10.6. The number of rotatable bonds is 9. The van der Waals surface area contributed by atoms with Gasteiger partial charge in [0.25, 0.3) is 0 Å². The van der Waals surface area contributed by atoms with Crippen LogP contribution in [0.15, 0.2) is 78.9 Å². The molecule has 0 unspecified atom stereocenters. The zero-order valence-electron chi connectivity index (χ0n) is 17.8. The topological polar surface area (TPSA) is 56.2 Å². The number of nitrogens with zero attached hydrogens (tertiary/aromatic N) is 2. The van der Waals surface area contributed by atoms with Crippen molar-refractivity contribution in [3.8, 4) is 0 Å². The third-order valence-corrected chi connectivity index (χ3v) is 5.34. The number of aryl methyl sites for hydroxylation is 2. The van der Waals surface area contributed by atoms with Crippen molar-refractivity contribution in [3.05, 3.63) is 95.8 Å². The van der Waals surface area contributed by atoms with Crippen molar-refractivity contribution in [3.63, 3.8) is 0 Å². The van der Waals surface area contributed by atoms with Crippen LogP contribution in [-0.2, 0) is 36.2 Å². The van der Waals surface area contributed by atoms with Gasteiger partial charge in [-0.05, 0) is 35.7 Å². The van der Waals surface area contributed by atoms with E-state index in [2.05, 4.69) is 34.1 Å². The van der Waals surface area contributed by atoms with Gasteiger partial charge in [-0.15, -0.1) is 0 Å². The van der Waals surface area contributed by atoms with Crippen molar-refractivity contribution in [2.24, 2.45) is 7.05 Å². The van der Waals surface area contributed by atoms with Crippen LogP contribution in [0.3, 0.4) is 0 Å². The summed E-state index contributed by atoms with van der Waals surface area (Å²) in [5.74, 6) is 0.807. The molecule has 1 N–H and O–H groups in total. The summed E-state index contributed by atoms with van der Waals surface area (Å²) < 4.78 is 7.47. The Morgan fingerprint density at radius 3 is 2.42 bits per heavy atom. The molecular formula is C26H27N3O2. The predicted octanol–water partition coefficient (Wildman–Crippen LogP) is 5.25. The lowest BCUT2D eigenvalue weighted by Gasteiger charge is -2.07. The minimum absolute atomic E-state index is 0.171. The monoisotopic (exact) mass is 413 g/mol. The molecule has 4 aromatic rings. The van der Waals surface area contributed by atoms with Crippen LogP contribution in [0.1, 0.15) is 29.8 Å². The summed E-state index contributed by atoms with van der Waals surface area (Å²) in [6, 6.07) is 26.3. The highest BCUT2D eigenvalue weighted by atomic mass is 16.5. The van der Waals surface area contributed by atoms with Crippen LogP contribution >= 0.6 is 0 Å². The number of fused-ring (bicyclic) bond motifs is 1. The zero-order chi connectivity index (χ0) is 21.5. The average Bonchev–Trinajstić information content (AvgIpc) is 3.12. The highest BCUT2D eigenvalue weighted by molar-refractivity contribution is 5.80. The van der Waals surface area contributed by atoms with Crippen molar-refractivity contribution in [1.82, 2.24) is 9.55 Å². The minimum Gasteiger partial charge on any atom is -0.461 e. The first-order chi connectivity index (χ1) is 15.2. The van der Waals surface area contributed by atoms with E-state index in [9.17, 15) is 4.79 Å². The van der Waals surface area contributed by atoms with Gasteiger partial charge in [-0.1, -0.05) is 60.7 Å². The first kappa shape index (κ1) is 20.7. The SMILES string of the molecule is Cn1c(CCCC(=O)OCc2ccccc2)nc2ccc(NCc3ccccc3)cc21. The smallest absolute Gasteiger partial charge is 0.306 e. The van der Waals surface area contributed by atoms with E-state index < -0.39 is 0 Å². The number of nitrogens with one attached hydrogen (secondary N) is 1. The molecule has 0 radical (unpaired) electrons. The second kappa shape index (κ2) is 9.94. The Balaban J connectivity index is 1.30. The summed E-state index contributed by atoms with van der Waals surface area (Å²) in [7, 11) is 2.03. The molecule has 0 saturated heterocycles. The maximum atomic E-state index is 12.0. The molecule has 0 aliphatic rings. The molecule has 0 fully saturated rings. The number of benzene rings is 3. The molecule has 3 aromatic carbocycles. The molecule has 5 nitrogen and oxygen atoms in total. The summed E-state index contributed by atoms with van der Waals surface area (Å²) in [5, 5.41) is 3.47. The summed E-state index contributed by atoms with van der Waals surface area (Å²) >= 11 is 0. The maximum absolute atomic E-state index is 12.0. The number of carbonyl (C=O) groups excluding carboxylic acids is 1. The molecule has 31 heavy (non-hydrogen) atoms. The van der Waals surface area contributed by atoms with Gasteiger partial charge >= 0.3 is 5.97 Å². The molecule has 0 aliphatic carbocycles. The van der Waals surface area contributed by atoms with Gasteiger partial charge in [-0.25, -0.2) is 4.98 Å². The molecule has 0 bridgehead atoms. The second-order valence-corrected chi connectivity index (χ2v) is 7.63. The van der Waals surface area contributed by atoms with Gasteiger partial charge in [-0.3, -0.25) is 4.79 Å². The summed E-state index contributed by atoms with van der Waals surface area (Å²) in [5.41, 5.74) is 5.36. The summed E-state index contributed by atoms with van der Waals surface area (Å²) in [6.45, 7) is 1.10. The van der Waals surface area contributed by atoms with Gasteiger partial charge in [0.2, 0.25) is 0 Å². The Morgan fingerprint density at radius 1 is 0.968 bits per heavy atom. The fourth-order valence-corrected chi connectivity index (χ4v) is 3.57. The largest absolute Gasteiger partial charge is 0.461 e. The Labute approximate surface area is 182 Å². The average molecular weight is 414 g/mol. The second-order valence-electron chi connectivity index (χ2n) is 7.63. The molecule has 0 saturated carbocycles. The molecule has 0 amide bonds. The molecule has 1 heterocycles. The van der Waals surface area contributed by atoms with Crippen LogP contribution < -0.4 is 5.32 Å². The molecule has 5 heteroatoms. The highest BCUT2D eigenvalue weighted by Gasteiger charge is 2.10. The van der Waals surface area contributed by atoms with Crippen LogP contribution in [-0.4, -0.2) is 15.5 Å². The van der Waals surface area contributed by atoms with Crippen molar-refractivity contribution in [2.45, 2.75) is 32.4 Å². The van der Waals surface area contributed by atoms with E-state index in [1.54, 1.807) is 0 Å². The number of aromatic nitrogens is 2. The quantitative estimate of drug-likeness (QED) is 0.381. The Morgan fingerprint density at radius 2 is 1.68 bits per heavy atom. The van der Waals surface area contributed by atoms with Crippen molar-refractivity contribution in [2.75, 3.05) is 5.32 Å². The number of hydrogen-bond donors (Lipinski definition) is 1. The van der Waals surface area contributed by atoms with E-state index in [-0.39, 0.29) is 5.97 Å². The van der Waals surface area contributed by atoms with Crippen molar-refractivity contribution < 1.29 is 9.53 Å². The number of esters is 1. The third kappa shape index (κ3) is 5.51. The van der Waals surface area contributed by atoms with Crippen molar-refractivity contribution >= 4 is 22.7 Å². The fraction of sp³-hybridized carbons (Fsp3) is 0.231. The standard InChI is InChI=1S/C26H27N3O2/c1-29-24-17-22(27-18-20-9-4-2-5-10-20)15-16-23(24)28-25(29)13-8-14-26(30)31-19-21-11-6-3-7-12-21/h2-7,9-12,15-17,27H,8,13-14,18-19H2,1H3.